The van der Waals surface area contributed by atoms with E-state index in [1.54, 1.807) is 0 Å². The van der Waals surface area contributed by atoms with Gasteiger partial charge in [0.05, 0.1) is 5.41 Å². The molecule has 3 rings (SSSR count). The van der Waals surface area contributed by atoms with E-state index < -0.39 is 9.75 Å². The first-order chi connectivity index (χ1) is 9.44. The van der Waals surface area contributed by atoms with Gasteiger partial charge < -0.3 is 5.32 Å². The highest BCUT2D eigenvalue weighted by Gasteiger charge is 2.67. The molecule has 1 amide bonds. The van der Waals surface area contributed by atoms with Gasteiger partial charge >= 0.3 is 0 Å². The summed E-state index contributed by atoms with van der Waals surface area (Å²) in [5, 5.41) is 3.04. The number of rotatable bonds is 3. The van der Waals surface area contributed by atoms with Gasteiger partial charge in [-0.2, -0.15) is 0 Å². The van der Waals surface area contributed by atoms with Crippen LogP contribution >= 0.6 is 23.2 Å². The van der Waals surface area contributed by atoms with Crippen LogP contribution in [0, 0.1) is 5.41 Å². The molecule has 0 spiro atoms. The summed E-state index contributed by atoms with van der Waals surface area (Å²) >= 11 is 12.1. The van der Waals surface area contributed by atoms with Gasteiger partial charge in [0, 0.05) is 12.5 Å². The summed E-state index contributed by atoms with van der Waals surface area (Å²) in [6.45, 7) is 2.51. The Morgan fingerprint density at radius 2 is 2.10 bits per heavy atom. The molecule has 4 heteroatoms. The molecular formula is C16H19Cl2NO. The maximum absolute atomic E-state index is 12.2. The summed E-state index contributed by atoms with van der Waals surface area (Å²) in [6, 6.07) is 8.52. The van der Waals surface area contributed by atoms with Crippen molar-refractivity contribution in [2.24, 2.45) is 5.41 Å². The Hall–Kier alpha value is -0.730. The predicted octanol–water partition coefficient (Wildman–Crippen LogP) is 3.81. The molecule has 20 heavy (non-hydrogen) atoms. The van der Waals surface area contributed by atoms with Crippen LogP contribution in [0.15, 0.2) is 24.3 Å². The predicted molar refractivity (Wildman–Crippen MR) is 82.3 cm³/mol. The molecule has 2 aliphatic rings. The van der Waals surface area contributed by atoms with Gasteiger partial charge in [0.15, 0.2) is 0 Å². The standard InChI is InChI=1S/C16H19Cl2NO/c1-15(10-16(15,17)18)14(20)19-9-12-7-4-6-11-5-2-3-8-13(11)12/h2-3,5,8,12H,4,6-7,9-10H2,1H3,(H,19,20). The molecule has 0 bridgehead atoms. The number of fused-ring (bicyclic) bond motifs is 1. The summed E-state index contributed by atoms with van der Waals surface area (Å²) in [6.07, 6.45) is 3.99. The molecule has 2 aliphatic carbocycles. The van der Waals surface area contributed by atoms with Crippen LogP contribution in [0.25, 0.3) is 0 Å². The van der Waals surface area contributed by atoms with E-state index in [9.17, 15) is 4.79 Å². The summed E-state index contributed by atoms with van der Waals surface area (Å²) < 4.78 is -0.887. The first-order valence-corrected chi connectivity index (χ1v) is 7.93. The van der Waals surface area contributed by atoms with E-state index in [2.05, 4.69) is 29.6 Å². The molecule has 0 radical (unpaired) electrons. The largest absolute Gasteiger partial charge is 0.355 e. The second kappa shape index (κ2) is 4.92. The van der Waals surface area contributed by atoms with Crippen molar-refractivity contribution in [1.82, 2.24) is 5.32 Å². The van der Waals surface area contributed by atoms with E-state index in [4.69, 9.17) is 23.2 Å². The minimum Gasteiger partial charge on any atom is -0.355 e. The second-order valence-corrected chi connectivity index (χ2v) is 7.70. The van der Waals surface area contributed by atoms with Crippen LogP contribution in [-0.4, -0.2) is 16.8 Å². The van der Waals surface area contributed by atoms with E-state index in [0.29, 0.717) is 18.9 Å². The normalized spacial score (nSPS) is 30.4. The van der Waals surface area contributed by atoms with Crippen molar-refractivity contribution in [3.05, 3.63) is 35.4 Å². The smallest absolute Gasteiger partial charge is 0.229 e. The Labute approximate surface area is 129 Å². The van der Waals surface area contributed by atoms with Crippen molar-refractivity contribution in [2.75, 3.05) is 6.54 Å². The van der Waals surface area contributed by atoms with Crippen LogP contribution in [0.1, 0.15) is 43.2 Å². The topological polar surface area (TPSA) is 29.1 Å². The molecule has 2 nitrogen and oxygen atoms in total. The van der Waals surface area contributed by atoms with Crippen molar-refractivity contribution < 1.29 is 4.79 Å². The molecule has 1 aromatic rings. The van der Waals surface area contributed by atoms with Gasteiger partial charge in [0.2, 0.25) is 5.91 Å². The lowest BCUT2D eigenvalue weighted by molar-refractivity contribution is -0.125. The first kappa shape index (κ1) is 14.2. The zero-order valence-corrected chi connectivity index (χ0v) is 13.1. The highest BCUT2D eigenvalue weighted by Crippen LogP contribution is 2.63. The molecule has 1 aromatic carbocycles. The monoisotopic (exact) mass is 311 g/mol. The molecule has 1 fully saturated rings. The number of hydrogen-bond donors (Lipinski definition) is 1. The number of nitrogens with one attached hydrogen (secondary N) is 1. The number of hydrogen-bond acceptors (Lipinski definition) is 1. The summed E-state index contributed by atoms with van der Waals surface area (Å²) in [4.78, 5) is 12.2. The Kier molecular flexibility index (Phi) is 3.50. The third kappa shape index (κ3) is 2.33. The van der Waals surface area contributed by atoms with Gasteiger partial charge in [-0.1, -0.05) is 24.3 Å². The lowest BCUT2D eigenvalue weighted by Crippen LogP contribution is -2.36. The molecule has 0 aliphatic heterocycles. The van der Waals surface area contributed by atoms with Gasteiger partial charge in [0.25, 0.3) is 0 Å². The van der Waals surface area contributed by atoms with Gasteiger partial charge in [0.1, 0.15) is 4.33 Å². The average Bonchev–Trinajstić information content (AvgIpc) is 2.96. The van der Waals surface area contributed by atoms with E-state index in [1.165, 1.54) is 17.5 Å². The van der Waals surface area contributed by atoms with Crippen molar-refractivity contribution in [2.45, 2.75) is 42.9 Å². The summed E-state index contributed by atoms with van der Waals surface area (Å²) in [5.74, 6) is 0.386. The Morgan fingerprint density at radius 1 is 1.40 bits per heavy atom. The fourth-order valence-corrected chi connectivity index (χ4v) is 3.83. The first-order valence-electron chi connectivity index (χ1n) is 7.18. The SMILES string of the molecule is CC1(C(=O)NCC2CCCc3ccccc32)CC1(Cl)Cl. The number of aryl methyl sites for hydroxylation is 1. The van der Waals surface area contributed by atoms with E-state index in [-0.39, 0.29) is 5.91 Å². The number of benzene rings is 1. The highest BCUT2D eigenvalue weighted by molar-refractivity contribution is 6.53. The van der Waals surface area contributed by atoms with Crippen molar-refractivity contribution >= 4 is 29.1 Å². The number of carbonyl (C=O) groups is 1. The molecule has 2 atom stereocenters. The fraction of sp³-hybridized carbons (Fsp3) is 0.562. The molecule has 0 aromatic heterocycles. The van der Waals surface area contributed by atoms with Crippen LogP contribution in [0.2, 0.25) is 0 Å². The minimum atomic E-state index is -0.887. The molecule has 1 saturated carbocycles. The molecule has 0 heterocycles. The third-order valence-corrected chi connectivity index (χ3v) is 5.86. The maximum Gasteiger partial charge on any atom is 0.229 e. The second-order valence-electron chi connectivity index (χ2n) is 6.21. The quantitative estimate of drug-likeness (QED) is 0.845. The average molecular weight is 312 g/mol. The van der Waals surface area contributed by atoms with Gasteiger partial charge in [-0.3, -0.25) is 4.79 Å². The summed E-state index contributed by atoms with van der Waals surface area (Å²) in [7, 11) is 0. The Balaban J connectivity index is 1.64. The zero-order valence-electron chi connectivity index (χ0n) is 11.6. The molecule has 108 valence electrons. The minimum absolute atomic E-state index is 0.0226. The molecule has 1 N–H and O–H groups in total. The van der Waals surface area contributed by atoms with Crippen molar-refractivity contribution in [3.63, 3.8) is 0 Å². The lowest BCUT2D eigenvalue weighted by atomic mass is 9.83. The number of alkyl halides is 2. The van der Waals surface area contributed by atoms with Gasteiger partial charge in [-0.05, 0) is 43.7 Å². The maximum atomic E-state index is 12.2. The number of amides is 1. The van der Waals surface area contributed by atoms with Crippen LogP contribution in [0.4, 0.5) is 0 Å². The van der Waals surface area contributed by atoms with Gasteiger partial charge in [-0.15, -0.1) is 23.2 Å². The van der Waals surface area contributed by atoms with Crippen molar-refractivity contribution in [1.29, 1.82) is 0 Å². The Bertz CT molecular complexity index is 543. The van der Waals surface area contributed by atoms with Crippen LogP contribution < -0.4 is 5.32 Å². The number of carbonyl (C=O) groups excluding carboxylic acids is 1. The summed E-state index contributed by atoms with van der Waals surface area (Å²) in [5.41, 5.74) is 2.17. The van der Waals surface area contributed by atoms with Crippen LogP contribution in [0.3, 0.4) is 0 Å². The third-order valence-electron chi connectivity index (χ3n) is 4.76. The van der Waals surface area contributed by atoms with E-state index in [0.717, 1.165) is 12.8 Å². The zero-order chi connectivity index (χ0) is 14.4. The highest BCUT2D eigenvalue weighted by atomic mass is 35.5. The van der Waals surface area contributed by atoms with E-state index in [1.807, 2.05) is 6.92 Å². The molecular weight excluding hydrogens is 293 g/mol. The van der Waals surface area contributed by atoms with Crippen LogP contribution in [0.5, 0.6) is 0 Å². The fourth-order valence-electron chi connectivity index (χ4n) is 3.12. The van der Waals surface area contributed by atoms with Gasteiger partial charge in [-0.25, -0.2) is 0 Å². The van der Waals surface area contributed by atoms with Crippen molar-refractivity contribution in [3.8, 4) is 0 Å². The van der Waals surface area contributed by atoms with E-state index >= 15 is 0 Å². The Morgan fingerprint density at radius 3 is 2.80 bits per heavy atom. The number of halogens is 2. The lowest BCUT2D eigenvalue weighted by Gasteiger charge is -2.26. The molecule has 0 saturated heterocycles. The molecule has 2 unspecified atom stereocenters. The van der Waals surface area contributed by atoms with Crippen LogP contribution in [-0.2, 0) is 11.2 Å².